The molecule has 19 heavy (non-hydrogen) atoms. The SMILES string of the molecule is CCCNC(C)(C#N)CCCCN1CCC(CC)C1. The van der Waals surface area contributed by atoms with E-state index in [4.69, 9.17) is 0 Å². The molecule has 2 unspecified atom stereocenters. The van der Waals surface area contributed by atoms with E-state index in [9.17, 15) is 5.26 Å². The fourth-order valence-corrected chi connectivity index (χ4v) is 2.85. The van der Waals surface area contributed by atoms with Crippen molar-refractivity contribution < 1.29 is 0 Å². The van der Waals surface area contributed by atoms with E-state index in [1.54, 1.807) is 0 Å². The van der Waals surface area contributed by atoms with Crippen molar-refractivity contribution in [1.29, 1.82) is 5.26 Å². The zero-order valence-electron chi connectivity index (χ0n) is 13.0. The molecule has 110 valence electrons. The van der Waals surface area contributed by atoms with Crippen LogP contribution in [0.3, 0.4) is 0 Å². The van der Waals surface area contributed by atoms with Crippen molar-refractivity contribution in [2.24, 2.45) is 5.92 Å². The molecule has 2 atom stereocenters. The van der Waals surface area contributed by atoms with Gasteiger partial charge in [0.15, 0.2) is 0 Å². The van der Waals surface area contributed by atoms with Gasteiger partial charge in [-0.2, -0.15) is 5.26 Å². The molecule has 1 heterocycles. The first-order valence-electron chi connectivity index (χ1n) is 8.02. The van der Waals surface area contributed by atoms with Crippen LogP contribution in [0.2, 0.25) is 0 Å². The summed E-state index contributed by atoms with van der Waals surface area (Å²) in [5, 5.41) is 12.6. The van der Waals surface area contributed by atoms with E-state index in [2.05, 4.69) is 30.1 Å². The Hall–Kier alpha value is -0.590. The number of nitrogens with one attached hydrogen (secondary N) is 1. The highest BCUT2D eigenvalue weighted by Crippen LogP contribution is 2.20. The van der Waals surface area contributed by atoms with Crippen molar-refractivity contribution in [2.75, 3.05) is 26.2 Å². The molecule has 0 spiro atoms. The van der Waals surface area contributed by atoms with Crippen LogP contribution in [0.1, 0.15) is 59.3 Å². The maximum absolute atomic E-state index is 9.27. The lowest BCUT2D eigenvalue weighted by Crippen LogP contribution is -2.41. The topological polar surface area (TPSA) is 39.1 Å². The molecule has 1 saturated heterocycles. The van der Waals surface area contributed by atoms with Crippen LogP contribution in [0.25, 0.3) is 0 Å². The molecule has 0 saturated carbocycles. The van der Waals surface area contributed by atoms with Gasteiger partial charge in [-0.25, -0.2) is 0 Å². The molecule has 3 nitrogen and oxygen atoms in total. The fraction of sp³-hybridized carbons (Fsp3) is 0.938. The predicted octanol–water partition coefficient (Wildman–Crippen LogP) is 3.17. The van der Waals surface area contributed by atoms with Crippen LogP contribution in [0, 0.1) is 17.2 Å². The van der Waals surface area contributed by atoms with E-state index in [1.807, 2.05) is 6.92 Å². The summed E-state index contributed by atoms with van der Waals surface area (Å²) in [5.41, 5.74) is -0.326. The van der Waals surface area contributed by atoms with Crippen molar-refractivity contribution >= 4 is 0 Å². The Bertz CT molecular complexity index is 284. The molecule has 3 heteroatoms. The minimum atomic E-state index is -0.326. The molecule has 0 aromatic carbocycles. The Balaban J connectivity index is 2.14. The first-order valence-corrected chi connectivity index (χ1v) is 8.02. The first-order chi connectivity index (χ1) is 9.13. The lowest BCUT2D eigenvalue weighted by Gasteiger charge is -2.23. The zero-order valence-corrected chi connectivity index (χ0v) is 13.0. The fourth-order valence-electron chi connectivity index (χ4n) is 2.85. The summed E-state index contributed by atoms with van der Waals surface area (Å²) < 4.78 is 0. The Kier molecular flexibility index (Phi) is 7.41. The second-order valence-electron chi connectivity index (χ2n) is 6.19. The average molecular weight is 265 g/mol. The van der Waals surface area contributed by atoms with Gasteiger partial charge in [-0.15, -0.1) is 0 Å². The molecule has 0 amide bonds. The van der Waals surface area contributed by atoms with Crippen LogP contribution < -0.4 is 5.32 Å². The number of nitrogens with zero attached hydrogens (tertiary/aromatic N) is 2. The lowest BCUT2D eigenvalue weighted by atomic mass is 9.96. The van der Waals surface area contributed by atoms with Crippen molar-refractivity contribution in [3.63, 3.8) is 0 Å². The van der Waals surface area contributed by atoms with Crippen LogP contribution in [-0.4, -0.2) is 36.6 Å². The lowest BCUT2D eigenvalue weighted by molar-refractivity contribution is 0.305. The molecule has 0 aromatic heterocycles. The van der Waals surface area contributed by atoms with E-state index in [1.165, 1.54) is 38.9 Å². The number of hydrogen-bond acceptors (Lipinski definition) is 3. The van der Waals surface area contributed by atoms with Crippen LogP contribution in [0.15, 0.2) is 0 Å². The van der Waals surface area contributed by atoms with Gasteiger partial charge in [0.2, 0.25) is 0 Å². The Morgan fingerprint density at radius 3 is 2.74 bits per heavy atom. The first kappa shape index (κ1) is 16.5. The summed E-state index contributed by atoms with van der Waals surface area (Å²) in [6.07, 6.45) is 7.13. The highest BCUT2D eigenvalue weighted by molar-refractivity contribution is 5.03. The molecule has 0 radical (unpaired) electrons. The molecule has 0 aliphatic carbocycles. The molecule has 0 bridgehead atoms. The summed E-state index contributed by atoms with van der Waals surface area (Å²) in [6, 6.07) is 2.43. The van der Waals surface area contributed by atoms with Gasteiger partial charge in [-0.05, 0) is 64.6 Å². The van der Waals surface area contributed by atoms with Gasteiger partial charge in [-0.3, -0.25) is 5.32 Å². The Morgan fingerprint density at radius 1 is 1.37 bits per heavy atom. The standard InChI is InChI=1S/C16H31N3/c1-4-10-18-16(3,14-17)9-6-7-11-19-12-8-15(5-2)13-19/h15,18H,4-13H2,1-3H3. The van der Waals surface area contributed by atoms with Gasteiger partial charge in [0, 0.05) is 6.54 Å². The van der Waals surface area contributed by atoms with Gasteiger partial charge in [0.25, 0.3) is 0 Å². The molecule has 1 aliphatic rings. The summed E-state index contributed by atoms with van der Waals surface area (Å²) in [4.78, 5) is 2.59. The third-order valence-corrected chi connectivity index (χ3v) is 4.36. The maximum Gasteiger partial charge on any atom is 0.103 e. The third-order valence-electron chi connectivity index (χ3n) is 4.36. The normalized spacial score (nSPS) is 23.2. The maximum atomic E-state index is 9.27. The molecular formula is C16H31N3. The number of hydrogen-bond donors (Lipinski definition) is 1. The molecular weight excluding hydrogens is 234 g/mol. The molecule has 1 rings (SSSR count). The monoisotopic (exact) mass is 265 g/mol. The number of unbranched alkanes of at least 4 members (excludes halogenated alkanes) is 1. The second-order valence-corrected chi connectivity index (χ2v) is 6.19. The van der Waals surface area contributed by atoms with Crippen LogP contribution >= 0.6 is 0 Å². The minimum Gasteiger partial charge on any atom is -0.303 e. The van der Waals surface area contributed by atoms with Gasteiger partial charge in [0.1, 0.15) is 5.54 Å². The molecule has 1 fully saturated rings. The van der Waals surface area contributed by atoms with E-state index < -0.39 is 0 Å². The minimum absolute atomic E-state index is 0.326. The van der Waals surface area contributed by atoms with E-state index in [-0.39, 0.29) is 5.54 Å². The highest BCUT2D eigenvalue weighted by Gasteiger charge is 2.23. The van der Waals surface area contributed by atoms with Crippen LogP contribution in [-0.2, 0) is 0 Å². The molecule has 1 aliphatic heterocycles. The third kappa shape index (κ3) is 5.93. The average Bonchev–Trinajstić information content (AvgIpc) is 2.89. The Labute approximate surface area is 119 Å². The summed E-state index contributed by atoms with van der Waals surface area (Å²) in [6.45, 7) is 11.2. The van der Waals surface area contributed by atoms with Gasteiger partial charge >= 0.3 is 0 Å². The summed E-state index contributed by atoms with van der Waals surface area (Å²) in [5.74, 6) is 0.926. The smallest absolute Gasteiger partial charge is 0.103 e. The van der Waals surface area contributed by atoms with Gasteiger partial charge < -0.3 is 4.90 Å². The van der Waals surface area contributed by atoms with Crippen molar-refractivity contribution in [1.82, 2.24) is 10.2 Å². The molecule has 1 N–H and O–H groups in total. The van der Waals surface area contributed by atoms with Crippen LogP contribution in [0.5, 0.6) is 0 Å². The predicted molar refractivity (Wildman–Crippen MR) is 81.0 cm³/mol. The van der Waals surface area contributed by atoms with E-state index in [0.717, 1.165) is 31.7 Å². The van der Waals surface area contributed by atoms with E-state index in [0.29, 0.717) is 0 Å². The quantitative estimate of drug-likeness (QED) is 0.651. The Morgan fingerprint density at radius 2 is 2.16 bits per heavy atom. The van der Waals surface area contributed by atoms with Gasteiger partial charge in [0.05, 0.1) is 6.07 Å². The van der Waals surface area contributed by atoms with Crippen molar-refractivity contribution in [2.45, 2.75) is 64.8 Å². The van der Waals surface area contributed by atoms with Crippen LogP contribution in [0.4, 0.5) is 0 Å². The zero-order chi connectivity index (χ0) is 14.1. The number of rotatable bonds is 9. The molecule has 0 aromatic rings. The summed E-state index contributed by atoms with van der Waals surface area (Å²) in [7, 11) is 0. The van der Waals surface area contributed by atoms with Crippen molar-refractivity contribution in [3.8, 4) is 6.07 Å². The number of likely N-dealkylation sites (tertiary alicyclic amines) is 1. The van der Waals surface area contributed by atoms with E-state index >= 15 is 0 Å². The van der Waals surface area contributed by atoms with Gasteiger partial charge in [-0.1, -0.05) is 20.3 Å². The highest BCUT2D eigenvalue weighted by atomic mass is 15.1. The summed E-state index contributed by atoms with van der Waals surface area (Å²) >= 11 is 0. The number of nitriles is 1. The second kappa shape index (κ2) is 8.55. The van der Waals surface area contributed by atoms with Crippen molar-refractivity contribution in [3.05, 3.63) is 0 Å². The largest absolute Gasteiger partial charge is 0.303 e.